The van der Waals surface area contributed by atoms with E-state index < -0.39 is 16.2 Å². The predicted molar refractivity (Wildman–Crippen MR) is 503 cm³/mol. The first-order valence-electron chi connectivity index (χ1n) is 41.7. The van der Waals surface area contributed by atoms with Crippen LogP contribution >= 0.6 is 108 Å². The number of hydrogen-bond acceptors (Lipinski definition) is 4. The van der Waals surface area contributed by atoms with Crippen molar-refractivity contribution < 1.29 is 16.4 Å². The molecule has 0 bridgehead atoms. The molecule has 0 amide bonds. The molecule has 0 aliphatic heterocycles. The van der Waals surface area contributed by atoms with E-state index in [4.69, 9.17) is 51.9 Å². The molecule has 0 atom stereocenters. The summed E-state index contributed by atoms with van der Waals surface area (Å²) in [5.74, 6) is 0. The second-order valence-corrected chi connectivity index (χ2v) is 34.0. The van der Waals surface area contributed by atoms with E-state index in [0.717, 1.165) is 45.1 Å². The zero-order valence-corrected chi connectivity index (χ0v) is 74.6. The molecule has 0 heterocycles. The lowest BCUT2D eigenvalue weighted by Gasteiger charge is -2.34. The van der Waals surface area contributed by atoms with Crippen LogP contribution < -0.4 is 19.6 Å². The van der Waals surface area contributed by atoms with Crippen LogP contribution in [0.1, 0.15) is 186 Å². The smallest absolute Gasteiger partial charge is 0.0888 e. The number of nitrogens with zero attached hydrogens (tertiary/aromatic N) is 4. The summed E-state index contributed by atoms with van der Waals surface area (Å²) in [6, 6.07) is 69.3. The summed E-state index contributed by atoms with van der Waals surface area (Å²) in [4.78, 5) is 7.48. The molecule has 0 N–H and O–H groups in total. The molecule has 12 aromatic rings. The normalized spacial score (nSPS) is 13.2. The van der Waals surface area contributed by atoms with Gasteiger partial charge in [0.2, 0.25) is 0 Å². The standard InChI is InChI=1S/C58H64ClN3.C21H28.C18H12Cl3N.I2.HI/c1-55(2,3)41-23-31-47(32-24-41)61(48-33-25-42(26-34-48)56(4,5)6)52-39-51(60(45-19-15-13-16-20-45)46-21-17-14-18-22-46)40-53(54(52)59)62(49-35-27-43(28-36-49)57(7,8)9)50-37-29-44(30-38-50)58(10,11)12;1-20(2,3)18-11-7-16(8-12-18)15-17-9-13-19(14-10-17)21(4,5)6;19-16-11-15(12-17(20)18(16)21)22(13-7-3-1-4-8-13)14-9-5-2-6-10-14;1-2;/h13-40H,1-12H3;7-14H,15H2,1-6H3;1-12H;;1H/i23D,24D,27D,28D,31D,32D,35D,36D;7D,8D,11D,12D;;;. The Hall–Kier alpha value is -6.81. The van der Waals surface area contributed by atoms with Crippen molar-refractivity contribution in [3.8, 4) is 0 Å². The molecular weight excluding hydrogens is 1740 g/mol. The monoisotopic (exact) mass is 1860 g/mol. The van der Waals surface area contributed by atoms with Crippen molar-refractivity contribution in [3.05, 3.63) is 355 Å². The lowest BCUT2D eigenvalue weighted by Crippen LogP contribution is -2.18. The van der Waals surface area contributed by atoms with Crippen LogP contribution in [0.4, 0.5) is 68.2 Å². The molecular formula is C97H105Cl4I3N4. The zero-order valence-electron chi connectivity index (χ0n) is 77.0. The fourth-order valence-corrected chi connectivity index (χ4v) is 12.5. The van der Waals surface area contributed by atoms with E-state index in [1.165, 1.54) is 5.56 Å². The first-order valence-corrected chi connectivity index (χ1v) is 43.5. The number of halogens is 7. The third-order valence-electron chi connectivity index (χ3n) is 17.8. The largest absolute Gasteiger partial charge is 0.310 e. The minimum absolute atomic E-state index is 0. The van der Waals surface area contributed by atoms with E-state index >= 15 is 0 Å². The lowest BCUT2D eigenvalue weighted by molar-refractivity contribution is 0.589. The summed E-state index contributed by atoms with van der Waals surface area (Å²) in [5, 5.41) is 1.31. The van der Waals surface area contributed by atoms with Gasteiger partial charge >= 0.3 is 0 Å². The highest BCUT2D eigenvalue weighted by molar-refractivity contribution is 15.0. The van der Waals surface area contributed by atoms with Crippen molar-refractivity contribution in [3.63, 3.8) is 0 Å². The molecule has 11 heteroatoms. The van der Waals surface area contributed by atoms with Gasteiger partial charge in [-0.2, -0.15) is 0 Å². The van der Waals surface area contributed by atoms with Crippen LogP contribution in [-0.2, 0) is 38.9 Å². The van der Waals surface area contributed by atoms with Gasteiger partial charge in [0.1, 0.15) is 0 Å². The van der Waals surface area contributed by atoms with Crippen LogP contribution in [0.2, 0.25) is 20.1 Å². The molecule has 108 heavy (non-hydrogen) atoms. The molecule has 0 fully saturated rings. The van der Waals surface area contributed by atoms with Crippen molar-refractivity contribution in [2.45, 2.75) is 164 Å². The van der Waals surface area contributed by atoms with Gasteiger partial charge in [-0.25, -0.2) is 0 Å². The Bertz CT molecular complexity index is 5230. The van der Waals surface area contributed by atoms with E-state index in [-0.39, 0.29) is 152 Å². The van der Waals surface area contributed by atoms with E-state index in [2.05, 4.69) is 117 Å². The molecule has 12 aromatic carbocycles. The molecule has 0 saturated carbocycles. The van der Waals surface area contributed by atoms with Gasteiger partial charge in [-0.15, -0.1) is 24.0 Å². The minimum atomic E-state index is -0.727. The zero-order chi connectivity index (χ0) is 88.3. The quantitative estimate of drug-likeness (QED) is 0.0795. The molecule has 4 nitrogen and oxygen atoms in total. The van der Waals surface area contributed by atoms with Crippen LogP contribution in [0, 0.1) is 0 Å². The van der Waals surface area contributed by atoms with Gasteiger partial charge in [0, 0.05) is 88.4 Å². The second-order valence-electron chi connectivity index (χ2n) is 32.5. The van der Waals surface area contributed by atoms with Crippen LogP contribution in [-0.4, -0.2) is 0 Å². The van der Waals surface area contributed by atoms with Gasteiger partial charge in [-0.05, 0) is 205 Å². The van der Waals surface area contributed by atoms with Crippen molar-refractivity contribution >= 4 is 176 Å². The predicted octanol–water partition coefficient (Wildman–Crippen LogP) is 33.3. The summed E-state index contributed by atoms with van der Waals surface area (Å²) >= 11 is 30.7. The van der Waals surface area contributed by atoms with E-state index in [9.17, 15) is 11.0 Å². The number of rotatable bonds is 14. The maximum Gasteiger partial charge on any atom is 0.0888 e. The molecule has 12 rings (SSSR count). The van der Waals surface area contributed by atoms with Gasteiger partial charge in [0.25, 0.3) is 0 Å². The van der Waals surface area contributed by atoms with Crippen molar-refractivity contribution in [2.75, 3.05) is 19.6 Å². The van der Waals surface area contributed by atoms with Gasteiger partial charge in [0.05, 0.1) is 53.6 Å². The summed E-state index contributed by atoms with van der Waals surface area (Å²) in [6.07, 6.45) is 0.407. The van der Waals surface area contributed by atoms with Crippen LogP contribution in [0.15, 0.2) is 291 Å². The summed E-state index contributed by atoms with van der Waals surface area (Å²) < 4.78 is 110. The molecule has 562 valence electrons. The Labute approximate surface area is 724 Å². The fraction of sp³-hybridized carbons (Fsp3) is 0.258. The molecule has 0 spiro atoms. The highest BCUT2D eigenvalue weighted by Gasteiger charge is 2.29. The molecule has 0 radical (unpaired) electrons. The SMILES string of the molecule is Clc1cc(N(c2ccccc2)c2ccccc2)cc(Cl)c1Cl.I.II.[2H]c1c([2H])c(C(C)(C)C)c([2H])c([2H])c1Cc1ccc(C(C)(C)C)cc1.[2H]c1c([2H])c(C(C)(C)C)c([2H])c([2H])c1N(c1ccc(C(C)(C)C)cc1)c1cc(N(c2ccccc2)c2ccccc2)cc(N(c2ccc(C(C)(C)C)cc2)c2c([2H])c([2H])c(C(C)(C)C)c([2H])c2[2H])c1Cl. The van der Waals surface area contributed by atoms with Gasteiger partial charge in [0.15, 0.2) is 0 Å². The molecule has 0 aromatic heterocycles. The minimum Gasteiger partial charge on any atom is -0.310 e. The van der Waals surface area contributed by atoms with Crippen molar-refractivity contribution in [2.24, 2.45) is 0 Å². The van der Waals surface area contributed by atoms with Crippen LogP contribution in [0.5, 0.6) is 0 Å². The summed E-state index contributed by atoms with van der Waals surface area (Å²) in [6.45, 7) is 36.2. The highest BCUT2D eigenvalue weighted by Crippen LogP contribution is 2.52. The second kappa shape index (κ2) is 37.5. The van der Waals surface area contributed by atoms with Crippen LogP contribution in [0.3, 0.4) is 0 Å². The van der Waals surface area contributed by atoms with E-state index in [0.29, 0.717) is 49.7 Å². The molecule has 0 aliphatic rings. The number of para-hydroxylation sites is 4. The number of benzene rings is 12. The number of hydrogen-bond donors (Lipinski definition) is 0. The Kier molecular flexibility index (Phi) is 24.4. The molecule has 0 saturated heterocycles. The Morgan fingerprint density at radius 3 is 0.759 bits per heavy atom. The maximum absolute atomic E-state index is 9.77. The Morgan fingerprint density at radius 1 is 0.250 bits per heavy atom. The fourth-order valence-electron chi connectivity index (χ4n) is 11.6. The average Bonchev–Trinajstić information content (AvgIpc) is 0.729. The first-order chi connectivity index (χ1) is 55.6. The van der Waals surface area contributed by atoms with E-state index in [1.807, 2.05) is 273 Å². The van der Waals surface area contributed by atoms with Gasteiger partial charge in [-0.3, -0.25) is 0 Å². The van der Waals surface area contributed by atoms with Crippen LogP contribution in [0.25, 0.3) is 0 Å². The lowest BCUT2D eigenvalue weighted by atomic mass is 9.85. The van der Waals surface area contributed by atoms with Crippen molar-refractivity contribution in [1.82, 2.24) is 0 Å². The highest BCUT2D eigenvalue weighted by atomic mass is 128. The topological polar surface area (TPSA) is 13.0 Å². The molecule has 0 unspecified atom stereocenters. The van der Waals surface area contributed by atoms with Crippen molar-refractivity contribution in [1.29, 1.82) is 0 Å². The van der Waals surface area contributed by atoms with Gasteiger partial charge in [-0.1, -0.05) is 341 Å². The van der Waals surface area contributed by atoms with E-state index in [1.54, 1.807) is 9.80 Å². The Balaban J connectivity index is 0.000000289. The van der Waals surface area contributed by atoms with Gasteiger partial charge < -0.3 is 19.6 Å². The average molecular weight is 1860 g/mol. The first kappa shape index (κ1) is 70.3. The third-order valence-corrected chi connectivity index (χ3v) is 19.4. The number of anilines is 12. The Morgan fingerprint density at radius 2 is 0.491 bits per heavy atom. The third kappa shape index (κ3) is 22.7. The molecule has 0 aliphatic carbocycles. The maximum atomic E-state index is 9.77. The summed E-state index contributed by atoms with van der Waals surface area (Å²) in [7, 11) is 0. The summed E-state index contributed by atoms with van der Waals surface area (Å²) in [5.41, 5.74) is 10.1.